The molecule has 2 N–H and O–H groups in total. The Balaban J connectivity index is 2.22. The lowest BCUT2D eigenvalue weighted by molar-refractivity contribution is 0.287. The fourth-order valence-electron chi connectivity index (χ4n) is 3.84. The third-order valence-corrected chi connectivity index (χ3v) is 5.36. The summed E-state index contributed by atoms with van der Waals surface area (Å²) < 4.78 is 18.9. The largest absolute Gasteiger partial charge is 0.490 e. The summed E-state index contributed by atoms with van der Waals surface area (Å²) in [5, 5.41) is 9.88. The van der Waals surface area contributed by atoms with Gasteiger partial charge in [0.1, 0.15) is 17.4 Å². The summed E-state index contributed by atoms with van der Waals surface area (Å²) >= 11 is 0. The number of pyridine rings is 1. The first-order valence-corrected chi connectivity index (χ1v) is 10.7. The van der Waals surface area contributed by atoms with Crippen molar-refractivity contribution in [3.63, 3.8) is 0 Å². The van der Waals surface area contributed by atoms with Gasteiger partial charge in [-0.15, -0.1) is 0 Å². The van der Waals surface area contributed by atoms with Crippen molar-refractivity contribution >= 4 is 0 Å². The van der Waals surface area contributed by atoms with E-state index in [2.05, 4.69) is 6.07 Å². The zero-order valence-electron chi connectivity index (χ0n) is 19.3. The molecule has 0 radical (unpaired) electrons. The summed E-state index contributed by atoms with van der Waals surface area (Å²) in [6, 6.07) is 9.39. The first kappa shape index (κ1) is 23.2. The average Bonchev–Trinajstić information content (AvgIpc) is 2.74. The molecule has 0 saturated carbocycles. The number of allylic oxidation sites excluding steroid dienone is 1. The molecule has 1 aliphatic rings. The molecular formula is C24H30N4O4. The number of likely N-dealkylation sites (N-methyl/N-ethyl adjacent to an activating group) is 1. The summed E-state index contributed by atoms with van der Waals surface area (Å²) in [5.41, 5.74) is 7.98. The zero-order valence-corrected chi connectivity index (χ0v) is 19.3. The Bertz CT molecular complexity index is 1130. The minimum atomic E-state index is -0.669. The van der Waals surface area contributed by atoms with Gasteiger partial charge in [-0.3, -0.25) is 4.79 Å². The van der Waals surface area contributed by atoms with Crippen LogP contribution in [0.2, 0.25) is 0 Å². The van der Waals surface area contributed by atoms with Gasteiger partial charge in [-0.25, -0.2) is 0 Å². The predicted octanol–water partition coefficient (Wildman–Crippen LogP) is 2.73. The van der Waals surface area contributed by atoms with Gasteiger partial charge in [0.2, 0.25) is 5.88 Å². The highest BCUT2D eigenvalue weighted by molar-refractivity contribution is 5.57. The van der Waals surface area contributed by atoms with Crippen LogP contribution < -0.4 is 25.5 Å². The topological polar surface area (TPSA) is 103 Å². The average molecular weight is 439 g/mol. The van der Waals surface area contributed by atoms with E-state index in [1.165, 1.54) is 0 Å². The van der Waals surface area contributed by atoms with E-state index in [0.717, 1.165) is 5.69 Å². The SMILES string of the molecule is CCOc1ccc([C@@H]2C(C#N)=C(N)Oc3cc(C)n(CCN(C)C)c(=O)c32)cc1OCC. The fraction of sp³-hybridized carbons (Fsp3) is 0.417. The second-order valence-electron chi connectivity index (χ2n) is 7.82. The Kier molecular flexibility index (Phi) is 7.11. The Hall–Kier alpha value is -3.44. The van der Waals surface area contributed by atoms with E-state index < -0.39 is 5.92 Å². The van der Waals surface area contributed by atoms with Crippen molar-refractivity contribution in [2.75, 3.05) is 33.9 Å². The first-order valence-electron chi connectivity index (χ1n) is 10.7. The molecule has 0 unspecified atom stereocenters. The molecule has 1 aliphatic heterocycles. The Morgan fingerprint density at radius 2 is 1.88 bits per heavy atom. The Morgan fingerprint density at radius 1 is 1.19 bits per heavy atom. The third kappa shape index (κ3) is 4.43. The Morgan fingerprint density at radius 3 is 2.50 bits per heavy atom. The molecular weight excluding hydrogens is 408 g/mol. The van der Waals surface area contributed by atoms with Crippen LogP contribution in [0.4, 0.5) is 0 Å². The number of hydrogen-bond acceptors (Lipinski definition) is 7. The molecule has 3 rings (SSSR count). The summed E-state index contributed by atoms with van der Waals surface area (Å²) in [7, 11) is 3.91. The molecule has 2 heterocycles. The highest BCUT2D eigenvalue weighted by Gasteiger charge is 2.34. The van der Waals surface area contributed by atoms with Crippen molar-refractivity contribution in [1.82, 2.24) is 9.47 Å². The van der Waals surface area contributed by atoms with E-state index in [1.54, 1.807) is 16.7 Å². The molecule has 32 heavy (non-hydrogen) atoms. The first-order chi connectivity index (χ1) is 15.3. The highest BCUT2D eigenvalue weighted by atomic mass is 16.5. The van der Waals surface area contributed by atoms with Gasteiger partial charge >= 0.3 is 0 Å². The van der Waals surface area contributed by atoms with Gasteiger partial charge in [-0.2, -0.15) is 5.26 Å². The van der Waals surface area contributed by atoms with Crippen molar-refractivity contribution in [3.8, 4) is 23.3 Å². The normalized spacial score (nSPS) is 15.2. The maximum atomic E-state index is 13.6. The van der Waals surface area contributed by atoms with Gasteiger partial charge in [0.05, 0.1) is 24.7 Å². The molecule has 1 aromatic heterocycles. The minimum absolute atomic E-state index is 0.00156. The second-order valence-corrected chi connectivity index (χ2v) is 7.82. The number of ether oxygens (including phenoxy) is 3. The molecule has 170 valence electrons. The lowest BCUT2D eigenvalue weighted by Gasteiger charge is -2.28. The lowest BCUT2D eigenvalue weighted by Crippen LogP contribution is -2.34. The fourth-order valence-corrected chi connectivity index (χ4v) is 3.84. The number of nitriles is 1. The van der Waals surface area contributed by atoms with Crippen molar-refractivity contribution in [3.05, 3.63) is 62.9 Å². The van der Waals surface area contributed by atoms with Gasteiger partial charge in [0, 0.05) is 24.8 Å². The molecule has 2 aromatic rings. The van der Waals surface area contributed by atoms with Crippen LogP contribution in [0.25, 0.3) is 0 Å². The maximum absolute atomic E-state index is 13.6. The van der Waals surface area contributed by atoms with Gasteiger partial charge in [0.25, 0.3) is 5.56 Å². The van der Waals surface area contributed by atoms with Crippen molar-refractivity contribution < 1.29 is 14.2 Å². The van der Waals surface area contributed by atoms with Crippen LogP contribution in [0.15, 0.2) is 40.5 Å². The van der Waals surface area contributed by atoms with E-state index >= 15 is 0 Å². The number of aromatic nitrogens is 1. The summed E-state index contributed by atoms with van der Waals surface area (Å²) in [6.45, 7) is 7.81. The van der Waals surface area contributed by atoms with Gasteiger partial charge in [-0.1, -0.05) is 6.07 Å². The van der Waals surface area contributed by atoms with Crippen LogP contribution in [0.1, 0.15) is 36.6 Å². The minimum Gasteiger partial charge on any atom is -0.490 e. The molecule has 0 fully saturated rings. The van der Waals surface area contributed by atoms with Crippen LogP contribution in [-0.2, 0) is 6.54 Å². The summed E-state index contributed by atoms with van der Waals surface area (Å²) in [4.78, 5) is 15.6. The smallest absolute Gasteiger partial charge is 0.258 e. The molecule has 0 saturated heterocycles. The molecule has 0 bridgehead atoms. The third-order valence-electron chi connectivity index (χ3n) is 5.36. The number of aryl methyl sites for hydroxylation is 1. The van der Waals surface area contributed by atoms with E-state index in [9.17, 15) is 10.1 Å². The number of benzene rings is 1. The molecule has 8 heteroatoms. The van der Waals surface area contributed by atoms with Crippen molar-refractivity contribution in [2.24, 2.45) is 5.73 Å². The van der Waals surface area contributed by atoms with E-state index in [-0.39, 0.29) is 17.0 Å². The van der Waals surface area contributed by atoms with Crippen LogP contribution in [0.3, 0.4) is 0 Å². The zero-order chi connectivity index (χ0) is 23.4. The van der Waals surface area contributed by atoms with Crippen molar-refractivity contribution in [2.45, 2.75) is 33.2 Å². The molecule has 0 aliphatic carbocycles. The molecule has 0 amide bonds. The quantitative estimate of drug-likeness (QED) is 0.676. The number of hydrogen-bond donors (Lipinski definition) is 1. The molecule has 8 nitrogen and oxygen atoms in total. The maximum Gasteiger partial charge on any atom is 0.258 e. The van der Waals surface area contributed by atoms with Crippen LogP contribution in [0.5, 0.6) is 17.2 Å². The highest BCUT2D eigenvalue weighted by Crippen LogP contribution is 2.42. The monoisotopic (exact) mass is 438 g/mol. The van der Waals surface area contributed by atoms with E-state index in [4.69, 9.17) is 19.9 Å². The predicted molar refractivity (Wildman–Crippen MR) is 122 cm³/mol. The van der Waals surface area contributed by atoms with Crippen LogP contribution >= 0.6 is 0 Å². The molecule has 1 aromatic carbocycles. The number of nitrogens with two attached hydrogens (primary N) is 1. The number of fused-ring (bicyclic) bond motifs is 1. The van der Waals surface area contributed by atoms with Crippen molar-refractivity contribution in [1.29, 1.82) is 5.26 Å². The van der Waals surface area contributed by atoms with Crippen LogP contribution in [-0.4, -0.2) is 43.3 Å². The van der Waals surface area contributed by atoms with Gasteiger partial charge in [0.15, 0.2) is 11.5 Å². The second kappa shape index (κ2) is 9.79. The summed E-state index contributed by atoms with van der Waals surface area (Å²) in [6.07, 6.45) is 0. The number of rotatable bonds is 8. The van der Waals surface area contributed by atoms with Gasteiger partial charge < -0.3 is 29.4 Å². The molecule has 1 atom stereocenters. The number of nitrogens with zero attached hydrogens (tertiary/aromatic N) is 3. The van der Waals surface area contributed by atoms with Gasteiger partial charge in [-0.05, 0) is 52.6 Å². The van der Waals surface area contributed by atoms with Crippen LogP contribution in [0, 0.1) is 18.3 Å². The standard InChI is InChI=1S/C24H30N4O4/c1-6-30-18-9-8-16(13-19(18)31-7-2)21-17(14-25)23(26)32-20-12-15(3)28(11-10-27(4)5)24(29)22(20)21/h8-9,12-13,21H,6-7,10-11,26H2,1-5H3/t21-/m1/s1. The Labute approximate surface area is 188 Å². The van der Waals surface area contributed by atoms with E-state index in [0.29, 0.717) is 54.7 Å². The lowest BCUT2D eigenvalue weighted by atomic mass is 9.84. The molecule has 0 spiro atoms. The summed E-state index contributed by atoms with van der Waals surface area (Å²) in [5.74, 6) is 0.866. The van der Waals surface area contributed by atoms with E-state index in [1.807, 2.05) is 51.9 Å².